The summed E-state index contributed by atoms with van der Waals surface area (Å²) < 4.78 is 0. The second-order valence-electron chi connectivity index (χ2n) is 7.72. The zero-order valence-corrected chi connectivity index (χ0v) is 14.4. The maximum absolute atomic E-state index is 12.5. The Labute approximate surface area is 135 Å². The minimum Gasteiger partial charge on any atom is -0.343 e. The van der Waals surface area contributed by atoms with Gasteiger partial charge in [0, 0.05) is 31.6 Å². The number of hydrogen-bond donors (Lipinski definition) is 1. The molecule has 3 aliphatic heterocycles. The van der Waals surface area contributed by atoms with Gasteiger partial charge < -0.3 is 10.2 Å². The van der Waals surface area contributed by atoms with Gasteiger partial charge in [-0.2, -0.15) is 0 Å². The predicted molar refractivity (Wildman–Crippen MR) is 88.7 cm³/mol. The van der Waals surface area contributed by atoms with E-state index in [1.54, 1.807) is 0 Å². The monoisotopic (exact) mass is 314 g/mol. The van der Waals surface area contributed by atoms with Crippen LogP contribution in [0, 0.1) is 11.3 Å². The molecule has 3 rings (SSSR count). The number of carbonyl (C=O) groups is 1. The van der Waals surface area contributed by atoms with E-state index in [0.29, 0.717) is 29.3 Å². The molecule has 3 fully saturated rings. The molecule has 0 radical (unpaired) electrons. The zero-order chi connectivity index (χ0) is 14.2. The van der Waals surface area contributed by atoms with Crippen molar-refractivity contribution in [3.63, 3.8) is 0 Å². The van der Waals surface area contributed by atoms with E-state index in [1.165, 1.54) is 44.9 Å². The number of hydrogen-bond acceptors (Lipinski definition) is 2. The molecule has 4 heteroatoms. The maximum atomic E-state index is 12.5. The number of nitrogens with zero attached hydrogens (tertiary/aromatic N) is 1. The van der Waals surface area contributed by atoms with Crippen LogP contribution in [-0.2, 0) is 4.79 Å². The molecule has 0 saturated carbocycles. The fourth-order valence-electron chi connectivity index (χ4n) is 4.37. The van der Waals surface area contributed by atoms with Crippen LogP contribution in [-0.4, -0.2) is 36.0 Å². The van der Waals surface area contributed by atoms with Gasteiger partial charge in [0.15, 0.2) is 0 Å². The third-order valence-electron chi connectivity index (χ3n) is 6.21. The number of nitrogens with one attached hydrogen (secondary N) is 1. The van der Waals surface area contributed by atoms with Crippen molar-refractivity contribution in [1.29, 1.82) is 0 Å². The standard InChI is InChI=1S/C17H30N2O.ClH/c1-3-17(2)6-8-19(9-7-17)16(20)12-13-10-14-4-5-15(11-13)18-14;/h13-15,18H,3-12H2,1-2H3;1H. The summed E-state index contributed by atoms with van der Waals surface area (Å²) in [6.45, 7) is 6.63. The van der Waals surface area contributed by atoms with Crippen molar-refractivity contribution in [1.82, 2.24) is 10.2 Å². The summed E-state index contributed by atoms with van der Waals surface area (Å²) >= 11 is 0. The summed E-state index contributed by atoms with van der Waals surface area (Å²) in [5.74, 6) is 1.06. The SMILES string of the molecule is CCC1(C)CCN(C(=O)CC2CC3CCC(C2)N3)CC1.Cl. The molecule has 3 aliphatic rings. The van der Waals surface area contributed by atoms with E-state index in [4.69, 9.17) is 0 Å². The Hall–Kier alpha value is -0.280. The predicted octanol–water partition coefficient (Wildman–Crippen LogP) is 3.37. The van der Waals surface area contributed by atoms with Gasteiger partial charge in [0.25, 0.3) is 0 Å². The molecule has 0 aliphatic carbocycles. The number of piperidine rings is 2. The topological polar surface area (TPSA) is 32.3 Å². The van der Waals surface area contributed by atoms with Crippen LogP contribution in [0.5, 0.6) is 0 Å². The maximum Gasteiger partial charge on any atom is 0.222 e. The summed E-state index contributed by atoms with van der Waals surface area (Å²) in [5.41, 5.74) is 0.477. The van der Waals surface area contributed by atoms with Crippen molar-refractivity contribution in [2.75, 3.05) is 13.1 Å². The summed E-state index contributed by atoms with van der Waals surface area (Å²) in [4.78, 5) is 14.6. The van der Waals surface area contributed by atoms with Gasteiger partial charge in [-0.3, -0.25) is 4.79 Å². The molecule has 0 spiro atoms. The van der Waals surface area contributed by atoms with E-state index in [1.807, 2.05) is 0 Å². The second-order valence-corrected chi connectivity index (χ2v) is 7.72. The summed E-state index contributed by atoms with van der Waals surface area (Å²) in [5, 5.41) is 3.67. The van der Waals surface area contributed by atoms with E-state index >= 15 is 0 Å². The molecule has 122 valence electrons. The largest absolute Gasteiger partial charge is 0.343 e. The minimum absolute atomic E-state index is 0. The highest BCUT2D eigenvalue weighted by Crippen LogP contribution is 2.36. The van der Waals surface area contributed by atoms with Gasteiger partial charge in [0.1, 0.15) is 0 Å². The van der Waals surface area contributed by atoms with Crippen molar-refractivity contribution in [2.24, 2.45) is 11.3 Å². The normalized spacial score (nSPS) is 34.4. The summed E-state index contributed by atoms with van der Waals surface area (Å²) in [6, 6.07) is 1.41. The number of carbonyl (C=O) groups excluding carboxylic acids is 1. The van der Waals surface area contributed by atoms with Crippen molar-refractivity contribution in [2.45, 2.75) is 77.3 Å². The first-order chi connectivity index (χ1) is 9.58. The molecule has 2 unspecified atom stereocenters. The van der Waals surface area contributed by atoms with Crippen molar-refractivity contribution in [3.8, 4) is 0 Å². The first-order valence-corrected chi connectivity index (χ1v) is 8.62. The van der Waals surface area contributed by atoms with Crippen molar-refractivity contribution >= 4 is 18.3 Å². The molecule has 1 N–H and O–H groups in total. The number of amides is 1. The molecule has 3 nitrogen and oxygen atoms in total. The molecule has 2 bridgehead atoms. The summed E-state index contributed by atoms with van der Waals surface area (Å²) in [6.07, 6.45) is 9.52. The molecule has 3 saturated heterocycles. The first kappa shape index (κ1) is 17.1. The average molecular weight is 315 g/mol. The van der Waals surface area contributed by atoms with Crippen LogP contribution in [0.15, 0.2) is 0 Å². The van der Waals surface area contributed by atoms with Gasteiger partial charge in [0.05, 0.1) is 0 Å². The highest BCUT2D eigenvalue weighted by Gasteiger charge is 2.36. The Bertz CT molecular complexity index is 354. The minimum atomic E-state index is 0. The number of rotatable bonds is 3. The van der Waals surface area contributed by atoms with Crippen LogP contribution in [0.25, 0.3) is 0 Å². The summed E-state index contributed by atoms with van der Waals surface area (Å²) in [7, 11) is 0. The molecule has 21 heavy (non-hydrogen) atoms. The molecule has 0 aromatic heterocycles. The zero-order valence-electron chi connectivity index (χ0n) is 13.6. The third kappa shape index (κ3) is 3.92. The Kier molecular flexibility index (Phi) is 5.59. The lowest BCUT2D eigenvalue weighted by molar-refractivity contribution is -0.134. The van der Waals surface area contributed by atoms with Gasteiger partial charge in [0.2, 0.25) is 5.91 Å². The highest BCUT2D eigenvalue weighted by molar-refractivity contribution is 5.85. The van der Waals surface area contributed by atoms with Gasteiger partial charge in [-0.25, -0.2) is 0 Å². The van der Waals surface area contributed by atoms with Crippen LogP contribution >= 0.6 is 12.4 Å². The van der Waals surface area contributed by atoms with E-state index in [-0.39, 0.29) is 12.4 Å². The second kappa shape index (κ2) is 6.87. The van der Waals surface area contributed by atoms with Crippen LogP contribution in [0.3, 0.4) is 0 Å². The molecule has 0 aromatic carbocycles. The Balaban J connectivity index is 0.00000161. The number of fused-ring (bicyclic) bond motifs is 2. The smallest absolute Gasteiger partial charge is 0.222 e. The highest BCUT2D eigenvalue weighted by atomic mass is 35.5. The van der Waals surface area contributed by atoms with Crippen LogP contribution in [0.4, 0.5) is 0 Å². The lowest BCUT2D eigenvalue weighted by atomic mass is 9.78. The molecular weight excluding hydrogens is 284 g/mol. The molecule has 1 amide bonds. The van der Waals surface area contributed by atoms with E-state index < -0.39 is 0 Å². The van der Waals surface area contributed by atoms with Gasteiger partial charge in [-0.1, -0.05) is 20.3 Å². The van der Waals surface area contributed by atoms with Crippen molar-refractivity contribution < 1.29 is 4.79 Å². The van der Waals surface area contributed by atoms with Crippen molar-refractivity contribution in [3.05, 3.63) is 0 Å². The fraction of sp³-hybridized carbons (Fsp3) is 0.941. The molecular formula is C17H31ClN2O. The Morgan fingerprint density at radius 3 is 2.29 bits per heavy atom. The fourth-order valence-corrected chi connectivity index (χ4v) is 4.37. The lowest BCUT2D eigenvalue weighted by Gasteiger charge is -2.39. The number of likely N-dealkylation sites (tertiary alicyclic amines) is 1. The van der Waals surface area contributed by atoms with E-state index in [9.17, 15) is 4.79 Å². The van der Waals surface area contributed by atoms with Crippen LogP contribution in [0.1, 0.15) is 65.2 Å². The number of halogens is 1. The van der Waals surface area contributed by atoms with Crippen LogP contribution in [0.2, 0.25) is 0 Å². The molecule has 2 atom stereocenters. The van der Waals surface area contributed by atoms with Gasteiger partial charge in [-0.15, -0.1) is 12.4 Å². The van der Waals surface area contributed by atoms with Gasteiger partial charge >= 0.3 is 0 Å². The lowest BCUT2D eigenvalue weighted by Crippen LogP contribution is -2.44. The van der Waals surface area contributed by atoms with Crippen LogP contribution < -0.4 is 5.32 Å². The average Bonchev–Trinajstić information content (AvgIpc) is 2.78. The quantitative estimate of drug-likeness (QED) is 0.866. The Morgan fingerprint density at radius 2 is 1.76 bits per heavy atom. The Morgan fingerprint density at radius 1 is 1.19 bits per heavy atom. The molecule has 0 aromatic rings. The van der Waals surface area contributed by atoms with E-state index in [0.717, 1.165) is 19.5 Å². The third-order valence-corrected chi connectivity index (χ3v) is 6.21. The molecule has 3 heterocycles. The van der Waals surface area contributed by atoms with E-state index in [2.05, 4.69) is 24.1 Å². The van der Waals surface area contributed by atoms with Gasteiger partial charge in [-0.05, 0) is 49.9 Å². The first-order valence-electron chi connectivity index (χ1n) is 8.62.